The quantitative estimate of drug-likeness (QED) is 0.482. The van der Waals surface area contributed by atoms with Crippen molar-refractivity contribution < 1.29 is 32.0 Å². The van der Waals surface area contributed by atoms with Crippen LogP contribution in [0, 0.1) is 0 Å². The third-order valence-electron chi connectivity index (χ3n) is 3.18. The van der Waals surface area contributed by atoms with Crippen LogP contribution in [0.15, 0.2) is 22.8 Å². The molecule has 0 fully saturated rings. The van der Waals surface area contributed by atoms with Gasteiger partial charge in [-0.1, -0.05) is 0 Å². The molecule has 0 saturated carbocycles. The van der Waals surface area contributed by atoms with Crippen LogP contribution in [-0.4, -0.2) is 47.9 Å². The highest BCUT2D eigenvalue weighted by Gasteiger charge is 2.37. The molecule has 0 aliphatic heterocycles. The molecule has 0 unspecified atom stereocenters. The average molecular weight is 395 g/mol. The summed E-state index contributed by atoms with van der Waals surface area (Å²) in [4.78, 5) is 34.4. The van der Waals surface area contributed by atoms with Crippen molar-refractivity contribution in [2.75, 3.05) is 18.1 Å². The number of ketones is 1. The fourth-order valence-electron chi connectivity index (χ4n) is 1.87. The fraction of sp³-hybridized carbons (Fsp3) is 0.533. The van der Waals surface area contributed by atoms with E-state index < -0.39 is 35.6 Å². The van der Waals surface area contributed by atoms with Gasteiger partial charge in [-0.2, -0.15) is 24.9 Å². The van der Waals surface area contributed by atoms with Crippen molar-refractivity contribution in [3.63, 3.8) is 0 Å². The molecule has 0 radical (unpaired) electrons. The van der Waals surface area contributed by atoms with Gasteiger partial charge in [0, 0.05) is 0 Å². The first-order valence-electron chi connectivity index (χ1n) is 7.71. The summed E-state index contributed by atoms with van der Waals surface area (Å²) < 4.78 is 41.4. The zero-order chi connectivity index (χ0) is 19.6. The SMILES string of the molecule is NCC(=O)N[C@@H](CCCSCC(=O)C(F)(F)F)C(=O)NCc1ccco1. The van der Waals surface area contributed by atoms with E-state index in [1.165, 1.54) is 6.26 Å². The number of carbonyl (C=O) groups excluding carboxylic acids is 3. The van der Waals surface area contributed by atoms with Gasteiger partial charge in [0.2, 0.25) is 17.6 Å². The Morgan fingerprint density at radius 1 is 1.31 bits per heavy atom. The second-order valence-corrected chi connectivity index (χ2v) is 6.34. The van der Waals surface area contributed by atoms with E-state index in [0.717, 1.165) is 11.8 Å². The predicted molar refractivity (Wildman–Crippen MR) is 89.2 cm³/mol. The minimum absolute atomic E-state index is 0.135. The normalized spacial score (nSPS) is 12.5. The fourth-order valence-corrected chi connectivity index (χ4v) is 2.73. The highest BCUT2D eigenvalue weighted by atomic mass is 32.2. The average Bonchev–Trinajstić information content (AvgIpc) is 3.10. The lowest BCUT2D eigenvalue weighted by Gasteiger charge is -2.17. The summed E-state index contributed by atoms with van der Waals surface area (Å²) in [5, 5.41) is 5.05. The van der Waals surface area contributed by atoms with E-state index in [2.05, 4.69) is 10.6 Å². The van der Waals surface area contributed by atoms with E-state index in [0.29, 0.717) is 12.2 Å². The lowest BCUT2D eigenvalue weighted by molar-refractivity contribution is -0.167. The molecule has 146 valence electrons. The molecule has 0 bridgehead atoms. The molecule has 26 heavy (non-hydrogen) atoms. The molecule has 2 amide bonds. The summed E-state index contributed by atoms with van der Waals surface area (Å²) >= 11 is 0.824. The molecule has 0 aliphatic rings. The van der Waals surface area contributed by atoms with Gasteiger partial charge in [-0.05, 0) is 30.7 Å². The van der Waals surface area contributed by atoms with Crippen LogP contribution >= 0.6 is 11.8 Å². The summed E-state index contributed by atoms with van der Waals surface area (Å²) in [5.74, 6) is -2.69. The predicted octanol–water partition coefficient (Wildman–Crippen LogP) is 0.984. The molecule has 0 saturated heterocycles. The number of hydrogen-bond acceptors (Lipinski definition) is 6. The molecule has 0 spiro atoms. The number of hydrogen-bond donors (Lipinski definition) is 3. The topological polar surface area (TPSA) is 114 Å². The Morgan fingerprint density at radius 2 is 2.04 bits per heavy atom. The number of carbonyl (C=O) groups is 3. The third kappa shape index (κ3) is 8.39. The van der Waals surface area contributed by atoms with Gasteiger partial charge < -0.3 is 20.8 Å². The van der Waals surface area contributed by atoms with Crippen LogP contribution in [0.4, 0.5) is 13.2 Å². The summed E-state index contributed by atoms with van der Waals surface area (Å²) in [5.41, 5.74) is 5.22. The number of furan rings is 1. The Balaban J connectivity index is 2.41. The monoisotopic (exact) mass is 395 g/mol. The number of alkyl halides is 3. The molecule has 1 rings (SSSR count). The van der Waals surface area contributed by atoms with E-state index in [-0.39, 0.29) is 25.3 Å². The van der Waals surface area contributed by atoms with Gasteiger partial charge in [0.05, 0.1) is 25.1 Å². The van der Waals surface area contributed by atoms with Crippen LogP contribution in [0.5, 0.6) is 0 Å². The number of halogens is 3. The summed E-state index contributed by atoms with van der Waals surface area (Å²) in [6, 6.07) is 2.45. The standard InChI is InChI=1S/C15H20F3N3O4S/c16-15(17,18)12(22)9-26-6-2-4-11(21-13(23)7-19)14(24)20-8-10-3-1-5-25-10/h1,3,5,11H,2,4,6-9,19H2,(H,20,24)(H,21,23)/t11-/m0/s1. The van der Waals surface area contributed by atoms with Crippen molar-refractivity contribution in [2.24, 2.45) is 5.73 Å². The number of amides is 2. The van der Waals surface area contributed by atoms with Crippen LogP contribution < -0.4 is 16.4 Å². The molecule has 0 aliphatic carbocycles. The highest BCUT2D eigenvalue weighted by molar-refractivity contribution is 7.99. The molecule has 1 heterocycles. The van der Waals surface area contributed by atoms with Crippen molar-refractivity contribution in [2.45, 2.75) is 31.6 Å². The van der Waals surface area contributed by atoms with E-state index in [1.807, 2.05) is 0 Å². The second kappa shape index (κ2) is 10.9. The van der Waals surface area contributed by atoms with E-state index in [9.17, 15) is 27.6 Å². The number of nitrogens with two attached hydrogens (primary N) is 1. The number of rotatable bonds is 11. The summed E-state index contributed by atoms with van der Waals surface area (Å²) in [7, 11) is 0. The first-order chi connectivity index (χ1) is 12.2. The van der Waals surface area contributed by atoms with Gasteiger partial charge >= 0.3 is 6.18 Å². The molecule has 7 nitrogen and oxygen atoms in total. The van der Waals surface area contributed by atoms with Crippen LogP contribution in [0.3, 0.4) is 0 Å². The van der Waals surface area contributed by atoms with Crippen LogP contribution in [0.25, 0.3) is 0 Å². The van der Waals surface area contributed by atoms with Crippen molar-refractivity contribution in [3.8, 4) is 0 Å². The van der Waals surface area contributed by atoms with Gasteiger partial charge in [0.1, 0.15) is 11.8 Å². The zero-order valence-corrected chi connectivity index (χ0v) is 14.6. The Kier molecular flexibility index (Phi) is 9.21. The van der Waals surface area contributed by atoms with Gasteiger partial charge in [-0.25, -0.2) is 0 Å². The number of nitrogens with one attached hydrogen (secondary N) is 2. The Labute approximate surface area is 152 Å². The van der Waals surface area contributed by atoms with Gasteiger partial charge in [-0.15, -0.1) is 0 Å². The summed E-state index contributed by atoms with van der Waals surface area (Å²) in [6.07, 6.45) is -2.85. The maximum absolute atomic E-state index is 12.2. The first kappa shape index (κ1) is 22.0. The molecular formula is C15H20F3N3O4S. The smallest absolute Gasteiger partial charge is 0.450 e. The van der Waals surface area contributed by atoms with Crippen molar-refractivity contribution in [1.82, 2.24) is 10.6 Å². The van der Waals surface area contributed by atoms with Crippen molar-refractivity contribution in [1.29, 1.82) is 0 Å². The molecule has 11 heteroatoms. The van der Waals surface area contributed by atoms with E-state index >= 15 is 0 Å². The Bertz CT molecular complexity index is 593. The Hall–Kier alpha value is -2.01. The number of thioether (sulfide) groups is 1. The van der Waals surface area contributed by atoms with Gasteiger partial charge in [0.25, 0.3) is 0 Å². The Morgan fingerprint density at radius 3 is 2.62 bits per heavy atom. The first-order valence-corrected chi connectivity index (χ1v) is 8.86. The van der Waals surface area contributed by atoms with Crippen LogP contribution in [0.1, 0.15) is 18.6 Å². The molecule has 1 aromatic rings. The lowest BCUT2D eigenvalue weighted by atomic mass is 10.1. The highest BCUT2D eigenvalue weighted by Crippen LogP contribution is 2.19. The van der Waals surface area contributed by atoms with Crippen molar-refractivity contribution >= 4 is 29.4 Å². The number of Topliss-reactive ketones (excluding diaryl/α,β-unsaturated/α-hetero) is 1. The zero-order valence-electron chi connectivity index (χ0n) is 13.8. The minimum Gasteiger partial charge on any atom is -0.467 e. The molecule has 0 aromatic carbocycles. The molecule has 1 aromatic heterocycles. The molecule has 4 N–H and O–H groups in total. The summed E-state index contributed by atoms with van der Waals surface area (Å²) in [6.45, 7) is -0.160. The maximum Gasteiger partial charge on any atom is 0.450 e. The van der Waals surface area contributed by atoms with Crippen LogP contribution in [-0.2, 0) is 20.9 Å². The maximum atomic E-state index is 12.2. The largest absolute Gasteiger partial charge is 0.467 e. The van der Waals surface area contributed by atoms with Crippen molar-refractivity contribution in [3.05, 3.63) is 24.2 Å². The van der Waals surface area contributed by atoms with E-state index in [4.69, 9.17) is 10.2 Å². The molecule has 1 atom stereocenters. The van der Waals surface area contributed by atoms with Crippen LogP contribution in [0.2, 0.25) is 0 Å². The third-order valence-corrected chi connectivity index (χ3v) is 4.23. The van der Waals surface area contributed by atoms with Gasteiger partial charge in [-0.3, -0.25) is 14.4 Å². The molecular weight excluding hydrogens is 375 g/mol. The minimum atomic E-state index is -4.84. The second-order valence-electron chi connectivity index (χ2n) is 5.24. The van der Waals surface area contributed by atoms with E-state index in [1.54, 1.807) is 12.1 Å². The lowest BCUT2D eigenvalue weighted by Crippen LogP contribution is -2.48. The van der Waals surface area contributed by atoms with Gasteiger partial charge in [0.15, 0.2) is 0 Å².